The fraction of sp³-hybridized carbons (Fsp3) is 0.471. The van der Waals surface area contributed by atoms with Gasteiger partial charge in [0.2, 0.25) is 0 Å². The van der Waals surface area contributed by atoms with Gasteiger partial charge in [-0.25, -0.2) is 0 Å². The Labute approximate surface area is 125 Å². The highest BCUT2D eigenvalue weighted by Crippen LogP contribution is 2.19. The van der Waals surface area contributed by atoms with E-state index >= 15 is 0 Å². The lowest BCUT2D eigenvalue weighted by Gasteiger charge is -2.25. The van der Waals surface area contributed by atoms with Gasteiger partial charge in [0.1, 0.15) is 0 Å². The molecule has 0 amide bonds. The molecule has 1 aromatic carbocycles. The number of rotatable bonds is 6. The maximum Gasteiger partial charge on any atom is 0.0558 e. The molecule has 0 spiro atoms. The Bertz CT molecular complexity index is 576. The quantitative estimate of drug-likeness (QED) is 0.849. The highest BCUT2D eigenvalue weighted by atomic mass is 16.3. The summed E-state index contributed by atoms with van der Waals surface area (Å²) in [6.45, 7) is 3.86. The molecule has 2 heterocycles. The molecule has 21 heavy (non-hydrogen) atoms. The van der Waals surface area contributed by atoms with E-state index in [1.807, 2.05) is 18.5 Å². The van der Waals surface area contributed by atoms with Crippen LogP contribution in [0.3, 0.4) is 0 Å². The summed E-state index contributed by atoms with van der Waals surface area (Å²) in [7, 11) is 0. The fourth-order valence-electron chi connectivity index (χ4n) is 3.15. The van der Waals surface area contributed by atoms with Crippen molar-refractivity contribution < 1.29 is 5.11 Å². The molecule has 0 aliphatic carbocycles. The second-order valence-corrected chi connectivity index (χ2v) is 5.77. The molecule has 4 heteroatoms. The molecule has 4 nitrogen and oxygen atoms in total. The lowest BCUT2D eigenvalue weighted by atomic mass is 10.1. The number of hydrogen-bond donors (Lipinski definition) is 2. The van der Waals surface area contributed by atoms with Gasteiger partial charge in [-0.2, -0.15) is 0 Å². The van der Waals surface area contributed by atoms with E-state index in [0.717, 1.165) is 19.6 Å². The van der Waals surface area contributed by atoms with Crippen molar-refractivity contribution in [2.45, 2.75) is 25.4 Å². The van der Waals surface area contributed by atoms with Crippen molar-refractivity contribution in [2.75, 3.05) is 26.2 Å². The number of fused-ring (bicyclic) bond motifs is 1. The predicted molar refractivity (Wildman–Crippen MR) is 85.1 cm³/mol. The van der Waals surface area contributed by atoms with Gasteiger partial charge in [0.25, 0.3) is 0 Å². The SMILES string of the molecule is OCCN(Cc1cncc2ccccc12)CC1CCCN1. The minimum atomic E-state index is 0.199. The standard InChI is InChI=1S/C17H23N3O/c21-9-8-20(13-16-5-3-7-19-16)12-15-11-18-10-14-4-1-2-6-17(14)15/h1-2,4,6,10-11,16,19,21H,3,5,7-9,12-13H2. The van der Waals surface area contributed by atoms with Crippen LogP contribution in [0, 0.1) is 0 Å². The monoisotopic (exact) mass is 285 g/mol. The summed E-state index contributed by atoms with van der Waals surface area (Å²) in [6.07, 6.45) is 6.35. The average molecular weight is 285 g/mol. The summed E-state index contributed by atoms with van der Waals surface area (Å²) >= 11 is 0. The van der Waals surface area contributed by atoms with E-state index in [0.29, 0.717) is 12.6 Å². The summed E-state index contributed by atoms with van der Waals surface area (Å²) in [5.41, 5.74) is 1.24. The number of pyridine rings is 1. The summed E-state index contributed by atoms with van der Waals surface area (Å²) < 4.78 is 0. The lowest BCUT2D eigenvalue weighted by molar-refractivity contribution is 0.179. The lowest BCUT2D eigenvalue weighted by Crippen LogP contribution is -2.38. The molecule has 0 radical (unpaired) electrons. The molecule has 1 aliphatic rings. The summed E-state index contributed by atoms with van der Waals surface area (Å²) in [5.74, 6) is 0. The Morgan fingerprint density at radius 3 is 3.00 bits per heavy atom. The van der Waals surface area contributed by atoms with Gasteiger partial charge < -0.3 is 10.4 Å². The first kappa shape index (κ1) is 14.4. The molecule has 0 bridgehead atoms. The normalized spacial score (nSPS) is 18.7. The first-order chi connectivity index (χ1) is 10.4. The van der Waals surface area contributed by atoms with Gasteiger partial charge in [-0.1, -0.05) is 24.3 Å². The highest BCUT2D eigenvalue weighted by molar-refractivity contribution is 5.84. The van der Waals surface area contributed by atoms with Crippen molar-refractivity contribution in [3.8, 4) is 0 Å². The van der Waals surface area contributed by atoms with Gasteiger partial charge in [0.05, 0.1) is 6.61 Å². The molecule has 3 rings (SSSR count). The summed E-state index contributed by atoms with van der Waals surface area (Å²) in [4.78, 5) is 6.68. The predicted octanol–water partition coefficient (Wildman–Crippen LogP) is 1.78. The third-order valence-corrected chi connectivity index (χ3v) is 4.20. The van der Waals surface area contributed by atoms with Crippen LogP contribution in [0.2, 0.25) is 0 Å². The molecule has 1 unspecified atom stereocenters. The van der Waals surface area contributed by atoms with Crippen molar-refractivity contribution in [2.24, 2.45) is 0 Å². The maximum absolute atomic E-state index is 9.32. The van der Waals surface area contributed by atoms with Crippen LogP contribution in [0.25, 0.3) is 10.8 Å². The molecule has 1 fully saturated rings. The van der Waals surface area contributed by atoms with Gasteiger partial charge in [0.15, 0.2) is 0 Å². The van der Waals surface area contributed by atoms with Crippen LogP contribution in [0.5, 0.6) is 0 Å². The molecule has 112 valence electrons. The molecule has 2 aromatic rings. The van der Waals surface area contributed by atoms with Gasteiger partial charge in [-0.05, 0) is 30.3 Å². The smallest absolute Gasteiger partial charge is 0.0558 e. The van der Waals surface area contributed by atoms with Gasteiger partial charge in [-0.3, -0.25) is 9.88 Å². The van der Waals surface area contributed by atoms with Gasteiger partial charge in [-0.15, -0.1) is 0 Å². The minimum Gasteiger partial charge on any atom is -0.395 e. The van der Waals surface area contributed by atoms with Crippen LogP contribution >= 0.6 is 0 Å². The average Bonchev–Trinajstić information content (AvgIpc) is 3.01. The van der Waals surface area contributed by atoms with E-state index < -0.39 is 0 Å². The Balaban J connectivity index is 1.76. The molecule has 0 saturated carbocycles. The zero-order valence-corrected chi connectivity index (χ0v) is 12.3. The molecule has 1 aromatic heterocycles. The van der Waals surface area contributed by atoms with E-state index in [9.17, 15) is 5.11 Å². The van der Waals surface area contributed by atoms with Crippen LogP contribution < -0.4 is 5.32 Å². The fourth-order valence-corrected chi connectivity index (χ4v) is 3.15. The highest BCUT2D eigenvalue weighted by Gasteiger charge is 2.18. The summed E-state index contributed by atoms with van der Waals surface area (Å²) in [6, 6.07) is 8.92. The zero-order valence-electron chi connectivity index (χ0n) is 12.3. The number of aliphatic hydroxyl groups excluding tert-OH is 1. The van der Waals surface area contributed by atoms with Crippen LogP contribution in [-0.2, 0) is 6.54 Å². The van der Waals surface area contributed by atoms with E-state index in [1.54, 1.807) is 0 Å². The number of aliphatic hydroxyl groups is 1. The van der Waals surface area contributed by atoms with Crippen molar-refractivity contribution in [3.05, 3.63) is 42.2 Å². The maximum atomic E-state index is 9.32. The topological polar surface area (TPSA) is 48.4 Å². The largest absolute Gasteiger partial charge is 0.395 e. The molecule has 1 aliphatic heterocycles. The minimum absolute atomic E-state index is 0.199. The Morgan fingerprint density at radius 2 is 2.19 bits per heavy atom. The Hall–Kier alpha value is -1.49. The van der Waals surface area contributed by atoms with Crippen molar-refractivity contribution >= 4 is 10.8 Å². The number of hydrogen-bond acceptors (Lipinski definition) is 4. The Kier molecular flexibility index (Phi) is 4.80. The van der Waals surface area contributed by atoms with Crippen LogP contribution in [0.1, 0.15) is 18.4 Å². The number of nitrogens with one attached hydrogen (secondary N) is 1. The summed E-state index contributed by atoms with van der Waals surface area (Å²) in [5, 5.41) is 15.3. The zero-order chi connectivity index (χ0) is 14.5. The van der Waals surface area contributed by atoms with Crippen molar-refractivity contribution in [3.63, 3.8) is 0 Å². The van der Waals surface area contributed by atoms with E-state index in [1.165, 1.54) is 29.2 Å². The van der Waals surface area contributed by atoms with Crippen LogP contribution in [-0.4, -0.2) is 47.3 Å². The number of nitrogens with zero attached hydrogens (tertiary/aromatic N) is 2. The van der Waals surface area contributed by atoms with E-state index in [4.69, 9.17) is 0 Å². The van der Waals surface area contributed by atoms with Crippen LogP contribution in [0.4, 0.5) is 0 Å². The molecule has 1 saturated heterocycles. The third kappa shape index (κ3) is 3.59. The second-order valence-electron chi connectivity index (χ2n) is 5.77. The second kappa shape index (κ2) is 6.98. The molecule has 2 N–H and O–H groups in total. The first-order valence-electron chi connectivity index (χ1n) is 7.75. The van der Waals surface area contributed by atoms with Gasteiger partial charge >= 0.3 is 0 Å². The molecule has 1 atom stereocenters. The molecular weight excluding hydrogens is 262 g/mol. The third-order valence-electron chi connectivity index (χ3n) is 4.20. The number of benzene rings is 1. The van der Waals surface area contributed by atoms with E-state index in [2.05, 4.69) is 33.4 Å². The van der Waals surface area contributed by atoms with Gasteiger partial charge in [0, 0.05) is 43.5 Å². The number of aromatic nitrogens is 1. The van der Waals surface area contributed by atoms with Crippen molar-refractivity contribution in [1.29, 1.82) is 0 Å². The van der Waals surface area contributed by atoms with E-state index in [-0.39, 0.29) is 6.61 Å². The Morgan fingerprint density at radius 1 is 1.29 bits per heavy atom. The molecular formula is C17H23N3O. The first-order valence-corrected chi connectivity index (χ1v) is 7.75. The van der Waals surface area contributed by atoms with Crippen molar-refractivity contribution in [1.82, 2.24) is 15.2 Å². The van der Waals surface area contributed by atoms with Crippen LogP contribution in [0.15, 0.2) is 36.7 Å².